The van der Waals surface area contributed by atoms with Crippen LogP contribution >= 0.6 is 0 Å². The summed E-state index contributed by atoms with van der Waals surface area (Å²) in [6.07, 6.45) is 5.52. The molecule has 0 aliphatic rings. The average Bonchev–Trinajstić information content (AvgIpc) is 3.28. The highest BCUT2D eigenvalue weighted by Crippen LogP contribution is 2.45. The zero-order valence-electron chi connectivity index (χ0n) is 31.3. The predicted molar refractivity (Wildman–Crippen MR) is 241 cm³/mol. The lowest BCUT2D eigenvalue weighted by Crippen LogP contribution is -2.19. The van der Waals surface area contributed by atoms with E-state index in [1.54, 1.807) is 0 Å². The van der Waals surface area contributed by atoms with Gasteiger partial charge >= 0.3 is 0 Å². The molecule has 9 rings (SSSR count). The number of rotatable bonds is 10. The number of anilines is 3. The molecular weight excluding hydrogens is 695 g/mol. The van der Waals surface area contributed by atoms with Crippen molar-refractivity contribution < 1.29 is 0 Å². The van der Waals surface area contributed by atoms with Gasteiger partial charge in [0.25, 0.3) is 0 Å². The number of benzene rings is 8. The van der Waals surface area contributed by atoms with Crippen molar-refractivity contribution >= 4 is 67.1 Å². The molecule has 8 aromatic carbocycles. The zero-order valence-corrected chi connectivity index (χ0v) is 31.3. The number of hydrogen-bond acceptors (Lipinski definition) is 5. The Kier molecular flexibility index (Phi) is 9.61. The smallest absolute Gasteiger partial charge is 0.0802 e. The average molecular weight is 734 g/mol. The van der Waals surface area contributed by atoms with Gasteiger partial charge in [-0.05, 0) is 57.5 Å². The summed E-state index contributed by atoms with van der Waals surface area (Å²) < 4.78 is 0. The van der Waals surface area contributed by atoms with Gasteiger partial charge in [0, 0.05) is 51.8 Å². The molecule has 57 heavy (non-hydrogen) atoms. The van der Waals surface area contributed by atoms with E-state index in [2.05, 4.69) is 126 Å². The number of nitrogen functional groups attached to an aromatic ring is 1. The minimum Gasteiger partial charge on any atom is -0.396 e. The van der Waals surface area contributed by atoms with Crippen LogP contribution in [0.15, 0.2) is 205 Å². The fourth-order valence-electron chi connectivity index (χ4n) is 7.56. The first-order valence-corrected chi connectivity index (χ1v) is 19.1. The normalized spacial score (nSPS) is 11.8. The summed E-state index contributed by atoms with van der Waals surface area (Å²) in [6, 6.07) is 64.4. The highest BCUT2D eigenvalue weighted by Gasteiger charge is 2.22. The highest BCUT2D eigenvalue weighted by atomic mass is 15.1. The Bertz CT molecular complexity index is 2930. The standard InChI is InChI=1S/C52H39N5/c53-47(41-16-5-2-6-17-41)33-48(56-34-36-13-3-1-4-14-36)42-30-28-39(29-31-42)38-26-24-37(25-27-38)35-57(49-23-11-18-40-15-7-8-19-43(40)49)52-45-21-10-9-20-44(45)51-46(50(52)54)22-12-32-55-51/h1-34,53H,35,54H2/b48-33-,53-47?,56-34+. The lowest BCUT2D eigenvalue weighted by atomic mass is 9.98. The Morgan fingerprint density at radius 3 is 1.95 bits per heavy atom. The number of nitrogens with zero attached hydrogens (tertiary/aromatic N) is 3. The second-order valence-corrected chi connectivity index (χ2v) is 14.0. The summed E-state index contributed by atoms with van der Waals surface area (Å²) in [6.45, 7) is 0.605. The third-order valence-corrected chi connectivity index (χ3v) is 10.4. The summed E-state index contributed by atoms with van der Waals surface area (Å²) in [5, 5.41) is 14.2. The van der Waals surface area contributed by atoms with Gasteiger partial charge in [-0.1, -0.05) is 170 Å². The van der Waals surface area contributed by atoms with Crippen LogP contribution in [-0.2, 0) is 6.54 Å². The fourth-order valence-corrected chi connectivity index (χ4v) is 7.56. The van der Waals surface area contributed by atoms with Crippen LogP contribution in [0.1, 0.15) is 22.3 Å². The number of hydrogen-bond donors (Lipinski definition) is 2. The Labute approximate surface area is 332 Å². The predicted octanol–water partition coefficient (Wildman–Crippen LogP) is 12.7. The summed E-state index contributed by atoms with van der Waals surface area (Å²) >= 11 is 0. The minimum absolute atomic E-state index is 0.406. The summed E-state index contributed by atoms with van der Waals surface area (Å²) in [5.74, 6) is 0. The van der Waals surface area contributed by atoms with E-state index >= 15 is 0 Å². The van der Waals surface area contributed by atoms with Crippen molar-refractivity contribution in [1.82, 2.24) is 4.98 Å². The number of nitrogens with two attached hydrogens (primary N) is 1. The Morgan fingerprint density at radius 1 is 0.579 bits per heavy atom. The molecule has 9 aromatic rings. The SMILES string of the molecule is N=C(/C=C(\N=C\c1ccccc1)c1ccc(-c2ccc(CN(c3cccc4ccccc34)c3c(N)c4cccnc4c4ccccc34)cc2)cc1)c1ccccc1. The number of fused-ring (bicyclic) bond motifs is 4. The van der Waals surface area contributed by atoms with Crippen molar-refractivity contribution in [3.05, 3.63) is 223 Å². The van der Waals surface area contributed by atoms with E-state index in [9.17, 15) is 0 Å². The third kappa shape index (κ3) is 7.18. The topological polar surface area (TPSA) is 78.4 Å². The van der Waals surface area contributed by atoms with Gasteiger partial charge in [-0.15, -0.1) is 0 Å². The lowest BCUT2D eigenvalue weighted by molar-refractivity contribution is 0.988. The van der Waals surface area contributed by atoms with Crippen molar-refractivity contribution in [2.75, 3.05) is 10.6 Å². The highest BCUT2D eigenvalue weighted by molar-refractivity contribution is 6.19. The van der Waals surface area contributed by atoms with Crippen molar-refractivity contribution in [3.63, 3.8) is 0 Å². The molecule has 0 spiro atoms. The molecule has 3 N–H and O–H groups in total. The number of allylic oxidation sites excluding steroid dienone is 1. The van der Waals surface area contributed by atoms with Gasteiger partial charge < -0.3 is 16.0 Å². The summed E-state index contributed by atoms with van der Waals surface area (Å²) in [4.78, 5) is 12.0. The maximum Gasteiger partial charge on any atom is 0.0802 e. The Morgan fingerprint density at radius 2 is 1.19 bits per heavy atom. The molecule has 0 amide bonds. The van der Waals surface area contributed by atoms with E-state index in [-0.39, 0.29) is 0 Å². The van der Waals surface area contributed by atoms with Gasteiger partial charge in [-0.2, -0.15) is 0 Å². The number of pyridine rings is 1. The van der Waals surface area contributed by atoms with Crippen LogP contribution in [0, 0.1) is 5.41 Å². The lowest BCUT2D eigenvalue weighted by Gasteiger charge is -2.30. The molecule has 5 heteroatoms. The van der Waals surface area contributed by atoms with Crippen LogP contribution < -0.4 is 10.6 Å². The first kappa shape index (κ1) is 35.1. The molecular formula is C52H39N5. The molecule has 0 bridgehead atoms. The van der Waals surface area contributed by atoms with Crippen LogP contribution in [0.25, 0.3) is 49.3 Å². The molecule has 0 unspecified atom stereocenters. The largest absolute Gasteiger partial charge is 0.396 e. The molecule has 0 radical (unpaired) electrons. The molecule has 1 heterocycles. The quantitative estimate of drug-likeness (QED) is 0.0636. The minimum atomic E-state index is 0.406. The molecule has 0 atom stereocenters. The number of aliphatic imine (C=N–C) groups is 1. The molecule has 5 nitrogen and oxygen atoms in total. The fraction of sp³-hybridized carbons (Fsp3) is 0.0192. The van der Waals surface area contributed by atoms with E-state index in [0.29, 0.717) is 17.9 Å². The maximum atomic E-state index is 8.81. The Balaban J connectivity index is 1.06. The van der Waals surface area contributed by atoms with Crippen LogP contribution in [0.4, 0.5) is 17.1 Å². The van der Waals surface area contributed by atoms with Gasteiger partial charge in [0.15, 0.2) is 0 Å². The number of aromatic nitrogens is 1. The molecule has 0 saturated carbocycles. The van der Waals surface area contributed by atoms with Crippen molar-refractivity contribution in [2.24, 2.45) is 4.99 Å². The van der Waals surface area contributed by atoms with E-state index < -0.39 is 0 Å². The molecule has 272 valence electrons. The third-order valence-electron chi connectivity index (χ3n) is 10.4. The van der Waals surface area contributed by atoms with Crippen LogP contribution in [-0.4, -0.2) is 16.9 Å². The van der Waals surface area contributed by atoms with Gasteiger partial charge in [-0.3, -0.25) is 9.98 Å². The number of nitrogens with one attached hydrogen (secondary N) is 1. The van der Waals surface area contributed by atoms with Crippen molar-refractivity contribution in [2.45, 2.75) is 6.54 Å². The van der Waals surface area contributed by atoms with Gasteiger partial charge in [-0.25, -0.2) is 0 Å². The second-order valence-electron chi connectivity index (χ2n) is 14.0. The summed E-state index contributed by atoms with van der Waals surface area (Å²) in [5.41, 5.74) is 18.1. The molecule has 0 fully saturated rings. The van der Waals surface area contributed by atoms with Gasteiger partial charge in [0.2, 0.25) is 0 Å². The van der Waals surface area contributed by atoms with Crippen molar-refractivity contribution in [3.8, 4) is 11.1 Å². The molecule has 0 aliphatic carbocycles. The van der Waals surface area contributed by atoms with E-state index in [4.69, 9.17) is 21.1 Å². The van der Waals surface area contributed by atoms with E-state index in [1.165, 1.54) is 5.39 Å². The Hall–Kier alpha value is -7.63. The summed E-state index contributed by atoms with van der Waals surface area (Å²) in [7, 11) is 0. The van der Waals surface area contributed by atoms with E-state index in [0.717, 1.165) is 77.5 Å². The second kappa shape index (κ2) is 15.6. The molecule has 0 saturated heterocycles. The van der Waals surface area contributed by atoms with Crippen molar-refractivity contribution in [1.29, 1.82) is 5.41 Å². The zero-order chi connectivity index (χ0) is 38.6. The van der Waals surface area contributed by atoms with Crippen LogP contribution in [0.5, 0.6) is 0 Å². The molecule has 1 aromatic heterocycles. The van der Waals surface area contributed by atoms with Crippen LogP contribution in [0.3, 0.4) is 0 Å². The van der Waals surface area contributed by atoms with Gasteiger partial charge in [0.05, 0.1) is 28.3 Å². The maximum absolute atomic E-state index is 8.81. The van der Waals surface area contributed by atoms with Gasteiger partial charge in [0.1, 0.15) is 0 Å². The monoisotopic (exact) mass is 733 g/mol. The first-order valence-electron chi connectivity index (χ1n) is 19.1. The van der Waals surface area contributed by atoms with E-state index in [1.807, 2.05) is 85.2 Å². The molecule has 0 aliphatic heterocycles. The van der Waals surface area contributed by atoms with Crippen LogP contribution in [0.2, 0.25) is 0 Å². The first-order chi connectivity index (χ1) is 28.1.